The lowest BCUT2D eigenvalue weighted by molar-refractivity contribution is -0.140. The van der Waals surface area contributed by atoms with Gasteiger partial charge in [-0.25, -0.2) is 4.79 Å². The Morgan fingerprint density at radius 2 is 1.71 bits per heavy atom. The van der Waals surface area contributed by atoms with Crippen LogP contribution in [0.25, 0.3) is 11.1 Å². The third kappa shape index (κ3) is 5.19. The van der Waals surface area contributed by atoms with Crippen molar-refractivity contribution in [3.63, 3.8) is 0 Å². The number of carboxylic acid groups (broad SMARTS) is 1. The number of amides is 3. The topological polar surface area (TPSA) is 134 Å². The van der Waals surface area contributed by atoms with Gasteiger partial charge < -0.3 is 25.8 Å². The summed E-state index contributed by atoms with van der Waals surface area (Å²) in [7, 11) is 0. The molecule has 1 heterocycles. The monoisotopic (exact) mass is 465 g/mol. The molecule has 2 aromatic carbocycles. The molecular weight excluding hydrogens is 438 g/mol. The molecule has 0 saturated carbocycles. The summed E-state index contributed by atoms with van der Waals surface area (Å²) in [5.41, 5.74) is 4.26. The molecule has 9 nitrogen and oxygen atoms in total. The third-order valence-corrected chi connectivity index (χ3v) is 6.25. The van der Waals surface area contributed by atoms with Crippen molar-refractivity contribution in [2.45, 2.75) is 31.2 Å². The van der Waals surface area contributed by atoms with Crippen LogP contribution in [0.4, 0.5) is 4.79 Å². The largest absolute Gasteiger partial charge is 0.481 e. The summed E-state index contributed by atoms with van der Waals surface area (Å²) in [4.78, 5) is 48.2. The lowest BCUT2D eigenvalue weighted by Gasteiger charge is -2.23. The van der Waals surface area contributed by atoms with Gasteiger partial charge >= 0.3 is 12.1 Å². The van der Waals surface area contributed by atoms with Crippen molar-refractivity contribution in [1.82, 2.24) is 16.0 Å². The van der Waals surface area contributed by atoms with E-state index in [4.69, 9.17) is 4.74 Å². The molecule has 178 valence electrons. The van der Waals surface area contributed by atoms with E-state index in [-0.39, 0.29) is 30.9 Å². The minimum atomic E-state index is -1.32. The van der Waals surface area contributed by atoms with Crippen molar-refractivity contribution in [2.75, 3.05) is 19.7 Å². The highest BCUT2D eigenvalue weighted by molar-refractivity contribution is 5.90. The van der Waals surface area contributed by atoms with Crippen LogP contribution in [0.3, 0.4) is 0 Å². The van der Waals surface area contributed by atoms with Gasteiger partial charge in [-0.1, -0.05) is 48.5 Å². The van der Waals surface area contributed by atoms with Gasteiger partial charge in [-0.2, -0.15) is 0 Å². The van der Waals surface area contributed by atoms with Gasteiger partial charge in [-0.05, 0) is 35.1 Å². The maximum atomic E-state index is 12.6. The number of carbonyl (C=O) groups is 4. The van der Waals surface area contributed by atoms with E-state index in [0.717, 1.165) is 28.7 Å². The number of carbonyl (C=O) groups excluding carboxylic acids is 3. The fourth-order valence-corrected chi connectivity index (χ4v) is 4.54. The Balaban J connectivity index is 1.36. The average Bonchev–Trinajstić information content (AvgIpc) is 3.15. The summed E-state index contributed by atoms with van der Waals surface area (Å²) in [6, 6.07) is 14.5. The molecule has 1 aliphatic carbocycles. The number of aliphatic carboxylic acids is 1. The number of rotatable bonds is 8. The summed E-state index contributed by atoms with van der Waals surface area (Å²) in [6.07, 6.45) is -0.0377. The number of ether oxygens (including phenoxy) is 1. The number of hydrogen-bond acceptors (Lipinski definition) is 5. The number of carboxylic acids is 1. The van der Waals surface area contributed by atoms with E-state index in [9.17, 15) is 24.3 Å². The first-order valence-electron chi connectivity index (χ1n) is 11.3. The predicted octanol–water partition coefficient (Wildman–Crippen LogP) is 2.01. The Labute approximate surface area is 196 Å². The molecule has 2 atom stereocenters. The SMILES string of the molecule is O=C(O)CC(NC(=O)OCC1c2ccccc2-c2ccccc21)C(=O)NCC1CCCNC1=O. The summed E-state index contributed by atoms with van der Waals surface area (Å²) < 4.78 is 5.43. The number of nitrogens with one attached hydrogen (secondary N) is 3. The number of piperidine rings is 1. The molecule has 1 aliphatic heterocycles. The molecule has 0 radical (unpaired) electrons. The Kier molecular flexibility index (Phi) is 7.10. The molecule has 3 amide bonds. The van der Waals surface area contributed by atoms with Crippen LogP contribution >= 0.6 is 0 Å². The van der Waals surface area contributed by atoms with Crippen LogP contribution in [0.1, 0.15) is 36.3 Å². The van der Waals surface area contributed by atoms with E-state index in [1.807, 2.05) is 48.5 Å². The molecule has 0 bridgehead atoms. The van der Waals surface area contributed by atoms with Gasteiger partial charge in [0.15, 0.2) is 0 Å². The van der Waals surface area contributed by atoms with Crippen molar-refractivity contribution in [1.29, 1.82) is 0 Å². The Morgan fingerprint density at radius 1 is 1.06 bits per heavy atom. The van der Waals surface area contributed by atoms with Gasteiger partial charge in [-0.3, -0.25) is 14.4 Å². The standard InChI is InChI=1S/C25H27N3O6/c29-22(30)12-21(24(32)27-13-15-6-5-11-26-23(15)31)28-25(33)34-14-20-18-9-3-1-7-16(18)17-8-2-4-10-19(17)20/h1-4,7-10,15,20-21H,5-6,11-14H2,(H,26,31)(H,27,32)(H,28,33)(H,29,30). The van der Waals surface area contributed by atoms with Crippen LogP contribution in [0.15, 0.2) is 48.5 Å². The maximum absolute atomic E-state index is 12.6. The molecule has 2 aliphatic rings. The Hall–Kier alpha value is -3.88. The first-order chi connectivity index (χ1) is 16.4. The van der Waals surface area contributed by atoms with Crippen LogP contribution in [0, 0.1) is 5.92 Å². The van der Waals surface area contributed by atoms with E-state index in [2.05, 4.69) is 16.0 Å². The second kappa shape index (κ2) is 10.4. The van der Waals surface area contributed by atoms with Gasteiger partial charge in [0.25, 0.3) is 0 Å². The van der Waals surface area contributed by atoms with E-state index in [0.29, 0.717) is 13.0 Å². The molecule has 4 N–H and O–H groups in total. The van der Waals surface area contributed by atoms with Crippen molar-refractivity contribution < 1.29 is 29.0 Å². The molecule has 0 aromatic heterocycles. The quantitative estimate of drug-likeness (QED) is 0.471. The van der Waals surface area contributed by atoms with Crippen molar-refractivity contribution in [2.24, 2.45) is 5.92 Å². The smallest absolute Gasteiger partial charge is 0.407 e. The summed E-state index contributed by atoms with van der Waals surface area (Å²) >= 11 is 0. The molecule has 9 heteroatoms. The normalized spacial score (nSPS) is 17.6. The Bertz CT molecular complexity index is 1060. The Morgan fingerprint density at radius 3 is 2.32 bits per heavy atom. The minimum absolute atomic E-state index is 0.0452. The fourth-order valence-electron chi connectivity index (χ4n) is 4.54. The number of benzene rings is 2. The van der Waals surface area contributed by atoms with Gasteiger partial charge in [0, 0.05) is 19.0 Å². The van der Waals surface area contributed by atoms with E-state index < -0.39 is 30.4 Å². The second-order valence-corrected chi connectivity index (χ2v) is 8.50. The molecular formula is C25H27N3O6. The lowest BCUT2D eigenvalue weighted by atomic mass is 9.98. The molecule has 2 aromatic rings. The highest BCUT2D eigenvalue weighted by Gasteiger charge is 2.31. The summed E-state index contributed by atoms with van der Waals surface area (Å²) in [5.74, 6) is -2.60. The highest BCUT2D eigenvalue weighted by atomic mass is 16.5. The average molecular weight is 466 g/mol. The highest BCUT2D eigenvalue weighted by Crippen LogP contribution is 2.44. The second-order valence-electron chi connectivity index (χ2n) is 8.50. The lowest BCUT2D eigenvalue weighted by Crippen LogP contribution is -2.50. The van der Waals surface area contributed by atoms with E-state index in [1.54, 1.807) is 0 Å². The predicted molar refractivity (Wildman–Crippen MR) is 123 cm³/mol. The van der Waals surface area contributed by atoms with Crippen LogP contribution in [-0.2, 0) is 19.1 Å². The molecule has 1 saturated heterocycles. The number of alkyl carbamates (subject to hydrolysis) is 1. The fraction of sp³-hybridized carbons (Fsp3) is 0.360. The van der Waals surface area contributed by atoms with Crippen LogP contribution in [0.5, 0.6) is 0 Å². The van der Waals surface area contributed by atoms with Gasteiger partial charge in [0.1, 0.15) is 12.6 Å². The molecule has 34 heavy (non-hydrogen) atoms. The summed E-state index contributed by atoms with van der Waals surface area (Å²) in [5, 5.41) is 16.9. The number of hydrogen-bond donors (Lipinski definition) is 4. The zero-order valence-corrected chi connectivity index (χ0v) is 18.6. The molecule has 2 unspecified atom stereocenters. The number of fused-ring (bicyclic) bond motifs is 3. The minimum Gasteiger partial charge on any atom is -0.481 e. The van der Waals surface area contributed by atoms with Crippen LogP contribution in [0.2, 0.25) is 0 Å². The molecule has 0 spiro atoms. The van der Waals surface area contributed by atoms with E-state index in [1.165, 1.54) is 0 Å². The van der Waals surface area contributed by atoms with Gasteiger partial charge in [0.2, 0.25) is 11.8 Å². The van der Waals surface area contributed by atoms with Crippen molar-refractivity contribution in [3.8, 4) is 11.1 Å². The van der Waals surface area contributed by atoms with Gasteiger partial charge in [-0.15, -0.1) is 0 Å². The third-order valence-electron chi connectivity index (χ3n) is 6.25. The summed E-state index contributed by atoms with van der Waals surface area (Å²) in [6.45, 7) is 0.727. The van der Waals surface area contributed by atoms with Crippen molar-refractivity contribution >= 4 is 23.9 Å². The van der Waals surface area contributed by atoms with Crippen molar-refractivity contribution in [3.05, 3.63) is 59.7 Å². The molecule has 4 rings (SSSR count). The van der Waals surface area contributed by atoms with Crippen LogP contribution in [-0.4, -0.2) is 54.7 Å². The zero-order chi connectivity index (χ0) is 24.1. The first kappa shape index (κ1) is 23.3. The maximum Gasteiger partial charge on any atom is 0.407 e. The molecule has 1 fully saturated rings. The zero-order valence-electron chi connectivity index (χ0n) is 18.6. The van der Waals surface area contributed by atoms with E-state index >= 15 is 0 Å². The first-order valence-corrected chi connectivity index (χ1v) is 11.3. The van der Waals surface area contributed by atoms with Crippen LogP contribution < -0.4 is 16.0 Å². The van der Waals surface area contributed by atoms with Gasteiger partial charge in [0.05, 0.1) is 12.3 Å².